The van der Waals surface area contributed by atoms with Crippen LogP contribution in [0.1, 0.15) is 51.2 Å². The molecule has 1 saturated heterocycles. The third-order valence-corrected chi connectivity index (χ3v) is 6.98. The Morgan fingerprint density at radius 1 is 1.22 bits per heavy atom. The van der Waals surface area contributed by atoms with Crippen LogP contribution in [0.5, 0.6) is 0 Å². The van der Waals surface area contributed by atoms with Crippen LogP contribution in [0, 0.1) is 0 Å². The fraction of sp³-hybridized carbons (Fsp3) is 0.320. The highest BCUT2D eigenvalue weighted by Crippen LogP contribution is 2.43. The lowest BCUT2D eigenvalue weighted by molar-refractivity contribution is -0.122. The Morgan fingerprint density at radius 2 is 1.97 bits per heavy atom. The smallest absolute Gasteiger partial charge is 0.270 e. The van der Waals surface area contributed by atoms with Crippen molar-refractivity contribution in [3.05, 3.63) is 63.6 Å². The van der Waals surface area contributed by atoms with E-state index in [1.165, 1.54) is 16.2 Å². The third kappa shape index (κ3) is 3.99. The quantitative estimate of drug-likeness (QED) is 0.340. The van der Waals surface area contributed by atoms with Gasteiger partial charge in [-0.3, -0.25) is 19.8 Å². The van der Waals surface area contributed by atoms with Gasteiger partial charge in [-0.05, 0) is 92.9 Å². The molecule has 2 aliphatic rings. The molecule has 166 valence electrons. The van der Waals surface area contributed by atoms with Crippen molar-refractivity contribution in [3.8, 4) is 0 Å². The van der Waals surface area contributed by atoms with Crippen LogP contribution < -0.4 is 15.1 Å². The van der Waals surface area contributed by atoms with Crippen molar-refractivity contribution in [2.24, 2.45) is 0 Å². The molecule has 1 atom stereocenters. The average molecular weight is 512 g/mol. The fourth-order valence-corrected chi connectivity index (χ4v) is 5.54. The van der Waals surface area contributed by atoms with E-state index in [4.69, 9.17) is 12.2 Å². The molecule has 0 aromatic heterocycles. The van der Waals surface area contributed by atoms with Gasteiger partial charge in [-0.25, -0.2) is 0 Å². The first-order chi connectivity index (χ1) is 15.1. The predicted octanol–water partition coefficient (Wildman–Crippen LogP) is 5.39. The van der Waals surface area contributed by atoms with Crippen molar-refractivity contribution in [3.63, 3.8) is 0 Å². The molecule has 0 radical (unpaired) electrons. The number of carbonyl (C=O) groups excluding carboxylic acids is 2. The highest BCUT2D eigenvalue weighted by molar-refractivity contribution is 9.10. The summed E-state index contributed by atoms with van der Waals surface area (Å²) in [6, 6.07) is 13.4. The summed E-state index contributed by atoms with van der Waals surface area (Å²) in [5, 5.41) is 2.73. The van der Waals surface area contributed by atoms with Gasteiger partial charge in [0.2, 0.25) is 0 Å². The number of nitrogens with one attached hydrogen (secondary N) is 1. The minimum Gasteiger partial charge on any atom is -0.366 e. The van der Waals surface area contributed by atoms with E-state index in [1.54, 1.807) is 18.2 Å². The molecule has 5 nitrogen and oxygen atoms in total. The largest absolute Gasteiger partial charge is 0.366 e. The monoisotopic (exact) mass is 511 g/mol. The highest BCUT2D eigenvalue weighted by Gasteiger charge is 2.36. The Morgan fingerprint density at radius 3 is 2.66 bits per heavy atom. The second kappa shape index (κ2) is 8.45. The number of carbonyl (C=O) groups is 2. The zero-order valence-electron chi connectivity index (χ0n) is 18.6. The van der Waals surface area contributed by atoms with Crippen LogP contribution in [-0.4, -0.2) is 29.0 Å². The van der Waals surface area contributed by atoms with Crippen molar-refractivity contribution in [1.29, 1.82) is 0 Å². The van der Waals surface area contributed by atoms with E-state index < -0.39 is 11.8 Å². The maximum atomic E-state index is 13.3. The Hall–Kier alpha value is -2.51. The van der Waals surface area contributed by atoms with Gasteiger partial charge in [0, 0.05) is 22.2 Å². The molecule has 0 saturated carbocycles. The lowest BCUT2D eigenvalue weighted by Crippen LogP contribution is -2.54. The number of halogens is 1. The summed E-state index contributed by atoms with van der Waals surface area (Å²) in [7, 11) is 0. The maximum absolute atomic E-state index is 13.3. The van der Waals surface area contributed by atoms with Crippen LogP contribution in [0.15, 0.2) is 52.5 Å². The molecule has 0 spiro atoms. The van der Waals surface area contributed by atoms with Crippen LogP contribution in [0.3, 0.4) is 0 Å². The van der Waals surface area contributed by atoms with Crippen molar-refractivity contribution in [2.45, 2.75) is 45.6 Å². The van der Waals surface area contributed by atoms with Crippen LogP contribution >= 0.6 is 28.1 Å². The van der Waals surface area contributed by atoms with Crippen molar-refractivity contribution >= 4 is 62.5 Å². The minimum atomic E-state index is -0.478. The van der Waals surface area contributed by atoms with Gasteiger partial charge in [-0.1, -0.05) is 35.0 Å². The molecular weight excluding hydrogens is 486 g/mol. The van der Waals surface area contributed by atoms with Crippen molar-refractivity contribution in [2.75, 3.05) is 16.3 Å². The number of amides is 2. The first kappa shape index (κ1) is 22.7. The summed E-state index contributed by atoms with van der Waals surface area (Å²) >= 11 is 8.71. The summed E-state index contributed by atoms with van der Waals surface area (Å²) in [5.74, 6) is -0.532. The zero-order chi connectivity index (χ0) is 23.2. The van der Waals surface area contributed by atoms with Gasteiger partial charge in [0.1, 0.15) is 5.57 Å². The molecule has 2 aromatic rings. The van der Waals surface area contributed by atoms with E-state index in [1.807, 2.05) is 18.2 Å². The number of hydrogen-bond acceptors (Lipinski definition) is 4. The number of anilines is 2. The lowest BCUT2D eigenvalue weighted by Gasteiger charge is -2.47. The van der Waals surface area contributed by atoms with Gasteiger partial charge < -0.3 is 4.90 Å². The Bertz CT molecular complexity index is 1160. The van der Waals surface area contributed by atoms with Gasteiger partial charge in [0.15, 0.2) is 5.11 Å². The fourth-order valence-electron chi connectivity index (χ4n) is 4.87. The molecule has 7 heteroatoms. The second-order valence-corrected chi connectivity index (χ2v) is 10.2. The molecule has 2 aromatic carbocycles. The van der Waals surface area contributed by atoms with Gasteiger partial charge in [-0.2, -0.15) is 0 Å². The van der Waals surface area contributed by atoms with Gasteiger partial charge >= 0.3 is 0 Å². The standard InChI is InChI=1S/C25H26BrN3O2S/c1-5-28-21-10-9-16(11-19(21)15(2)14-25(28,3)4)12-20-22(30)27-24(32)29(23(20)31)18-8-6-7-17(26)13-18/h6-13,15H,5,14H2,1-4H3,(H,27,30,32)/b20-12-. The topological polar surface area (TPSA) is 52.7 Å². The Balaban J connectivity index is 1.73. The lowest BCUT2D eigenvalue weighted by atomic mass is 9.79. The molecule has 0 aliphatic carbocycles. The van der Waals surface area contributed by atoms with E-state index in [-0.39, 0.29) is 16.2 Å². The van der Waals surface area contributed by atoms with E-state index in [2.05, 4.69) is 66.0 Å². The molecule has 2 amide bonds. The number of hydrogen-bond donors (Lipinski definition) is 1. The molecule has 2 heterocycles. The Kier molecular flexibility index (Phi) is 5.98. The zero-order valence-corrected chi connectivity index (χ0v) is 21.0. The predicted molar refractivity (Wildman–Crippen MR) is 137 cm³/mol. The molecular formula is C25H26BrN3O2S. The molecule has 4 rings (SSSR count). The van der Waals surface area contributed by atoms with Crippen molar-refractivity contribution < 1.29 is 9.59 Å². The molecule has 0 bridgehead atoms. The normalized spacial score (nSPS) is 21.6. The van der Waals surface area contributed by atoms with E-state index >= 15 is 0 Å². The van der Waals surface area contributed by atoms with Crippen LogP contribution in [0.2, 0.25) is 0 Å². The number of rotatable bonds is 3. The number of thiocarbonyl (C=S) groups is 1. The third-order valence-electron chi connectivity index (χ3n) is 6.21. The summed E-state index contributed by atoms with van der Waals surface area (Å²) in [4.78, 5) is 29.7. The van der Waals surface area contributed by atoms with E-state index in [9.17, 15) is 9.59 Å². The molecule has 32 heavy (non-hydrogen) atoms. The van der Waals surface area contributed by atoms with Crippen LogP contribution in [0.25, 0.3) is 6.08 Å². The summed E-state index contributed by atoms with van der Waals surface area (Å²) < 4.78 is 0.820. The summed E-state index contributed by atoms with van der Waals surface area (Å²) in [6.45, 7) is 9.87. The van der Waals surface area contributed by atoms with Crippen LogP contribution in [0.4, 0.5) is 11.4 Å². The van der Waals surface area contributed by atoms with Crippen molar-refractivity contribution in [1.82, 2.24) is 5.32 Å². The first-order valence-corrected chi connectivity index (χ1v) is 11.9. The molecule has 1 fully saturated rings. The van der Waals surface area contributed by atoms with Gasteiger partial charge in [-0.15, -0.1) is 0 Å². The Labute approximate surface area is 202 Å². The second-order valence-electron chi connectivity index (χ2n) is 8.92. The van der Waals surface area contributed by atoms with Crippen LogP contribution in [-0.2, 0) is 9.59 Å². The van der Waals surface area contributed by atoms with Gasteiger partial charge in [0.25, 0.3) is 11.8 Å². The molecule has 1 N–H and O–H groups in total. The summed E-state index contributed by atoms with van der Waals surface area (Å²) in [5.41, 5.74) is 4.03. The number of fused-ring (bicyclic) bond motifs is 1. The first-order valence-electron chi connectivity index (χ1n) is 10.7. The maximum Gasteiger partial charge on any atom is 0.270 e. The molecule has 1 unspecified atom stereocenters. The van der Waals surface area contributed by atoms with Gasteiger partial charge in [0.05, 0.1) is 5.69 Å². The average Bonchev–Trinajstić information content (AvgIpc) is 2.71. The number of nitrogens with zero attached hydrogens (tertiary/aromatic N) is 2. The van der Waals surface area contributed by atoms with E-state index in [0.717, 1.165) is 23.0 Å². The number of benzene rings is 2. The molecule has 2 aliphatic heterocycles. The highest BCUT2D eigenvalue weighted by atomic mass is 79.9. The minimum absolute atomic E-state index is 0.0645. The SMILES string of the molecule is CCN1c2ccc(/C=C3/C(=O)NC(=S)N(c4cccc(Br)c4)C3=O)cc2C(C)CC1(C)C. The van der Waals surface area contributed by atoms with E-state index in [0.29, 0.717) is 11.6 Å². The summed E-state index contributed by atoms with van der Waals surface area (Å²) in [6.07, 6.45) is 2.70.